The third kappa shape index (κ3) is 18.7. The van der Waals surface area contributed by atoms with E-state index in [4.69, 9.17) is 11.5 Å². The van der Waals surface area contributed by atoms with Crippen LogP contribution in [0, 0.1) is 5.92 Å². The molecule has 0 aliphatic heterocycles. The van der Waals surface area contributed by atoms with Gasteiger partial charge in [0.05, 0.1) is 0 Å². The van der Waals surface area contributed by atoms with Gasteiger partial charge in [-0.15, -0.1) is 0 Å². The molecule has 0 aromatic rings. The van der Waals surface area contributed by atoms with Gasteiger partial charge in [-0.05, 0) is 38.3 Å². The van der Waals surface area contributed by atoms with E-state index in [1.165, 1.54) is 32.1 Å². The van der Waals surface area contributed by atoms with Crippen molar-refractivity contribution < 1.29 is 0 Å². The third-order valence-corrected chi connectivity index (χ3v) is 2.16. The lowest BCUT2D eigenvalue weighted by Crippen LogP contribution is -2.01. The average Bonchev–Trinajstić information content (AvgIpc) is 2.16. The van der Waals surface area contributed by atoms with Crippen molar-refractivity contribution in [3.63, 3.8) is 0 Å². The Balaban J connectivity index is 0. The molecule has 1 atom stereocenters. The molecular formula is C11H28N2. The van der Waals surface area contributed by atoms with Gasteiger partial charge in [-0.1, -0.05) is 33.6 Å². The second-order valence-electron chi connectivity index (χ2n) is 3.59. The van der Waals surface area contributed by atoms with E-state index >= 15 is 0 Å². The molecule has 0 aliphatic rings. The summed E-state index contributed by atoms with van der Waals surface area (Å²) in [4.78, 5) is 0. The summed E-state index contributed by atoms with van der Waals surface area (Å²) in [5.74, 6) is 0.874. The Hall–Kier alpha value is -0.0800. The van der Waals surface area contributed by atoms with E-state index in [1.807, 2.05) is 0 Å². The van der Waals surface area contributed by atoms with Gasteiger partial charge < -0.3 is 11.5 Å². The van der Waals surface area contributed by atoms with Gasteiger partial charge in [0.25, 0.3) is 0 Å². The fourth-order valence-electron chi connectivity index (χ4n) is 0.875. The zero-order valence-electron chi connectivity index (χ0n) is 9.68. The largest absolute Gasteiger partial charge is 0.330 e. The molecule has 0 saturated heterocycles. The maximum atomic E-state index is 5.33. The number of hydrogen-bond donors (Lipinski definition) is 2. The lowest BCUT2D eigenvalue weighted by molar-refractivity contribution is 0.499. The van der Waals surface area contributed by atoms with E-state index in [0.29, 0.717) is 0 Å². The van der Waals surface area contributed by atoms with Crippen LogP contribution in [0.4, 0.5) is 0 Å². The topological polar surface area (TPSA) is 52.0 Å². The summed E-state index contributed by atoms with van der Waals surface area (Å²) >= 11 is 0. The predicted molar refractivity (Wildman–Crippen MR) is 61.7 cm³/mol. The molecule has 0 saturated carbocycles. The van der Waals surface area contributed by atoms with Crippen molar-refractivity contribution >= 4 is 0 Å². The smallest absolute Gasteiger partial charge is 0.00772 e. The minimum atomic E-state index is 0.844. The minimum absolute atomic E-state index is 0.844. The van der Waals surface area contributed by atoms with Crippen LogP contribution in [0.3, 0.4) is 0 Å². The van der Waals surface area contributed by atoms with Gasteiger partial charge in [-0.2, -0.15) is 0 Å². The van der Waals surface area contributed by atoms with Crippen LogP contribution in [0.15, 0.2) is 0 Å². The maximum Gasteiger partial charge on any atom is -0.00772 e. The van der Waals surface area contributed by atoms with Gasteiger partial charge >= 0.3 is 0 Å². The highest BCUT2D eigenvalue weighted by molar-refractivity contribution is 4.49. The summed E-state index contributed by atoms with van der Waals surface area (Å²) in [5.41, 5.74) is 10.5. The van der Waals surface area contributed by atoms with Gasteiger partial charge in [0, 0.05) is 0 Å². The second kappa shape index (κ2) is 14.4. The SMILES string of the molecule is CCC(C)CCCN.CCCCN. The summed E-state index contributed by atoms with van der Waals surface area (Å²) in [6.07, 6.45) is 6.17. The molecule has 2 heteroatoms. The maximum absolute atomic E-state index is 5.33. The normalized spacial score (nSPS) is 11.8. The standard InChI is InChI=1S/C7H17N.C4H11N/c1-3-7(2)5-4-6-8;1-2-3-4-5/h7H,3-6,8H2,1-2H3;2-5H2,1H3. The first-order chi connectivity index (χ1) is 6.22. The third-order valence-electron chi connectivity index (χ3n) is 2.16. The first-order valence-corrected chi connectivity index (χ1v) is 5.62. The molecular weight excluding hydrogens is 160 g/mol. The number of nitrogens with two attached hydrogens (primary N) is 2. The van der Waals surface area contributed by atoms with Gasteiger partial charge in [-0.3, -0.25) is 0 Å². The lowest BCUT2D eigenvalue weighted by atomic mass is 10.0. The molecule has 2 nitrogen and oxygen atoms in total. The van der Waals surface area contributed by atoms with Crippen LogP contribution < -0.4 is 11.5 Å². The quantitative estimate of drug-likeness (QED) is 0.673. The van der Waals surface area contributed by atoms with E-state index in [2.05, 4.69) is 20.8 Å². The second-order valence-corrected chi connectivity index (χ2v) is 3.59. The molecule has 0 amide bonds. The molecule has 0 spiro atoms. The molecule has 0 bridgehead atoms. The van der Waals surface area contributed by atoms with E-state index in [1.54, 1.807) is 0 Å². The molecule has 0 aromatic heterocycles. The van der Waals surface area contributed by atoms with Crippen molar-refractivity contribution in [3.8, 4) is 0 Å². The van der Waals surface area contributed by atoms with Crippen molar-refractivity contribution in [1.82, 2.24) is 0 Å². The molecule has 0 radical (unpaired) electrons. The van der Waals surface area contributed by atoms with Gasteiger partial charge in [0.15, 0.2) is 0 Å². The monoisotopic (exact) mass is 188 g/mol. The molecule has 4 N–H and O–H groups in total. The number of unbranched alkanes of at least 4 members (excludes halogenated alkanes) is 1. The van der Waals surface area contributed by atoms with E-state index in [9.17, 15) is 0 Å². The fourth-order valence-corrected chi connectivity index (χ4v) is 0.875. The minimum Gasteiger partial charge on any atom is -0.330 e. The molecule has 13 heavy (non-hydrogen) atoms. The van der Waals surface area contributed by atoms with Crippen molar-refractivity contribution in [2.45, 2.75) is 52.9 Å². The predicted octanol–water partition coefficient (Wildman–Crippen LogP) is 2.52. The van der Waals surface area contributed by atoms with Crippen LogP contribution in [0.2, 0.25) is 0 Å². The Kier molecular flexibility index (Phi) is 17.1. The van der Waals surface area contributed by atoms with Gasteiger partial charge in [-0.25, -0.2) is 0 Å². The fraction of sp³-hybridized carbons (Fsp3) is 1.00. The number of hydrogen-bond acceptors (Lipinski definition) is 2. The Labute approximate surface area is 84.1 Å². The summed E-state index contributed by atoms with van der Waals surface area (Å²) in [6, 6.07) is 0. The highest BCUT2D eigenvalue weighted by Crippen LogP contribution is 2.07. The van der Waals surface area contributed by atoms with Crippen molar-refractivity contribution in [2.24, 2.45) is 17.4 Å². The molecule has 0 heterocycles. The molecule has 1 unspecified atom stereocenters. The highest BCUT2D eigenvalue weighted by atomic mass is 14.5. The van der Waals surface area contributed by atoms with Gasteiger partial charge in [0.1, 0.15) is 0 Å². The van der Waals surface area contributed by atoms with Crippen LogP contribution >= 0.6 is 0 Å². The van der Waals surface area contributed by atoms with E-state index < -0.39 is 0 Å². The van der Waals surface area contributed by atoms with Crippen LogP contribution in [-0.4, -0.2) is 13.1 Å². The highest BCUT2D eigenvalue weighted by Gasteiger charge is 1.94. The number of rotatable bonds is 6. The van der Waals surface area contributed by atoms with Crippen LogP contribution in [0.5, 0.6) is 0 Å². The lowest BCUT2D eigenvalue weighted by Gasteiger charge is -2.04. The summed E-state index contributed by atoms with van der Waals surface area (Å²) < 4.78 is 0. The molecule has 0 aromatic carbocycles. The zero-order valence-corrected chi connectivity index (χ0v) is 9.68. The first-order valence-electron chi connectivity index (χ1n) is 5.62. The Morgan fingerprint density at radius 1 is 1.00 bits per heavy atom. The average molecular weight is 188 g/mol. The molecule has 0 fully saturated rings. The van der Waals surface area contributed by atoms with Crippen LogP contribution in [0.1, 0.15) is 52.9 Å². The van der Waals surface area contributed by atoms with E-state index in [0.717, 1.165) is 19.0 Å². The molecule has 0 aliphatic carbocycles. The molecule has 0 rings (SSSR count). The summed E-state index contributed by atoms with van der Waals surface area (Å²) in [7, 11) is 0. The van der Waals surface area contributed by atoms with E-state index in [-0.39, 0.29) is 0 Å². The Morgan fingerprint density at radius 3 is 1.77 bits per heavy atom. The zero-order chi connectivity index (χ0) is 10.5. The Morgan fingerprint density at radius 2 is 1.54 bits per heavy atom. The van der Waals surface area contributed by atoms with Crippen molar-refractivity contribution in [3.05, 3.63) is 0 Å². The molecule has 82 valence electrons. The van der Waals surface area contributed by atoms with Gasteiger partial charge in [0.2, 0.25) is 0 Å². The first kappa shape index (κ1) is 15.4. The van der Waals surface area contributed by atoms with Crippen molar-refractivity contribution in [2.75, 3.05) is 13.1 Å². The summed E-state index contributed by atoms with van der Waals surface area (Å²) in [6.45, 7) is 8.32. The van der Waals surface area contributed by atoms with Crippen LogP contribution in [0.25, 0.3) is 0 Å². The Bertz CT molecular complexity index is 72.5. The van der Waals surface area contributed by atoms with Crippen LogP contribution in [-0.2, 0) is 0 Å². The summed E-state index contributed by atoms with van der Waals surface area (Å²) in [5, 5.41) is 0. The van der Waals surface area contributed by atoms with Crippen molar-refractivity contribution in [1.29, 1.82) is 0 Å².